The molecule has 0 aromatic heterocycles. The second-order valence-corrected chi connectivity index (χ2v) is 5.55. The number of amides is 1. The number of hydrogen-bond acceptors (Lipinski definition) is 3. The van der Waals surface area contributed by atoms with E-state index < -0.39 is 0 Å². The number of likely N-dealkylation sites (tertiary alicyclic amines) is 1. The van der Waals surface area contributed by atoms with E-state index in [1.807, 2.05) is 6.92 Å². The molecule has 1 aliphatic heterocycles. The van der Waals surface area contributed by atoms with Crippen LogP contribution in [0.3, 0.4) is 0 Å². The molecule has 0 spiro atoms. The number of nitrogens with two attached hydrogens (primary N) is 1. The highest BCUT2D eigenvalue weighted by molar-refractivity contribution is 5.76. The highest BCUT2D eigenvalue weighted by atomic mass is 16.1. The van der Waals surface area contributed by atoms with Crippen molar-refractivity contribution in [3.05, 3.63) is 0 Å². The summed E-state index contributed by atoms with van der Waals surface area (Å²) in [5.41, 5.74) is 5.59. The highest BCUT2D eigenvalue weighted by Gasteiger charge is 2.20. The maximum atomic E-state index is 11.5. The predicted octanol–water partition coefficient (Wildman–Crippen LogP) is 0.960. The van der Waals surface area contributed by atoms with Crippen LogP contribution in [-0.2, 0) is 4.79 Å². The van der Waals surface area contributed by atoms with Crippen molar-refractivity contribution in [1.82, 2.24) is 10.2 Å². The molecule has 17 heavy (non-hydrogen) atoms. The zero-order valence-corrected chi connectivity index (χ0v) is 11.4. The van der Waals surface area contributed by atoms with Crippen molar-refractivity contribution in [1.29, 1.82) is 0 Å². The molecule has 0 aliphatic carbocycles. The Morgan fingerprint density at radius 2 is 2.00 bits per heavy atom. The molecule has 3 N–H and O–H groups in total. The second kappa shape index (κ2) is 6.97. The molecule has 4 heteroatoms. The fourth-order valence-electron chi connectivity index (χ4n) is 2.22. The molecule has 1 aliphatic rings. The van der Waals surface area contributed by atoms with Gasteiger partial charge in [-0.05, 0) is 45.7 Å². The van der Waals surface area contributed by atoms with Gasteiger partial charge >= 0.3 is 0 Å². The molecule has 1 heterocycles. The van der Waals surface area contributed by atoms with Crippen molar-refractivity contribution in [2.75, 3.05) is 19.6 Å². The number of hydrogen-bond donors (Lipinski definition) is 2. The lowest BCUT2D eigenvalue weighted by Gasteiger charge is -2.35. The Hall–Kier alpha value is -0.610. The minimum absolute atomic E-state index is 0.0545. The van der Waals surface area contributed by atoms with Gasteiger partial charge in [0.1, 0.15) is 0 Å². The van der Waals surface area contributed by atoms with Crippen molar-refractivity contribution in [2.24, 2.45) is 11.7 Å². The van der Waals surface area contributed by atoms with E-state index in [0.717, 1.165) is 25.6 Å². The summed E-state index contributed by atoms with van der Waals surface area (Å²) in [7, 11) is 0. The molecule has 1 amide bonds. The maximum Gasteiger partial charge on any atom is 0.221 e. The fourth-order valence-corrected chi connectivity index (χ4v) is 2.22. The SMILES string of the molecule is CC(N)CC(=O)NCC(C)N1CCC(C)CC1. The lowest BCUT2D eigenvalue weighted by molar-refractivity contribution is -0.121. The Bertz CT molecular complexity index is 235. The molecule has 0 aromatic rings. The zero-order valence-electron chi connectivity index (χ0n) is 11.4. The minimum Gasteiger partial charge on any atom is -0.354 e. The highest BCUT2D eigenvalue weighted by Crippen LogP contribution is 2.17. The first kappa shape index (κ1) is 14.5. The van der Waals surface area contributed by atoms with Crippen molar-refractivity contribution in [3.63, 3.8) is 0 Å². The average Bonchev–Trinajstić information content (AvgIpc) is 2.26. The van der Waals surface area contributed by atoms with E-state index in [1.165, 1.54) is 12.8 Å². The Morgan fingerprint density at radius 3 is 2.53 bits per heavy atom. The van der Waals surface area contributed by atoms with Crippen LogP contribution in [0.15, 0.2) is 0 Å². The van der Waals surface area contributed by atoms with Crippen molar-refractivity contribution >= 4 is 5.91 Å². The van der Waals surface area contributed by atoms with Crippen LogP contribution in [-0.4, -0.2) is 42.5 Å². The lowest BCUT2D eigenvalue weighted by Crippen LogP contribution is -2.46. The third-order valence-corrected chi connectivity index (χ3v) is 3.54. The van der Waals surface area contributed by atoms with Crippen LogP contribution in [0.2, 0.25) is 0 Å². The first-order chi connectivity index (χ1) is 7.99. The van der Waals surface area contributed by atoms with E-state index in [2.05, 4.69) is 24.1 Å². The summed E-state index contributed by atoms with van der Waals surface area (Å²) in [6.45, 7) is 9.40. The van der Waals surface area contributed by atoms with E-state index in [-0.39, 0.29) is 11.9 Å². The van der Waals surface area contributed by atoms with E-state index in [9.17, 15) is 4.79 Å². The molecule has 0 saturated carbocycles. The molecule has 2 unspecified atom stereocenters. The Labute approximate surface area is 105 Å². The number of piperidine rings is 1. The quantitative estimate of drug-likeness (QED) is 0.754. The van der Waals surface area contributed by atoms with Gasteiger partial charge in [-0.25, -0.2) is 0 Å². The molecular weight excluding hydrogens is 214 g/mol. The summed E-state index contributed by atoms with van der Waals surface area (Å²) in [5.74, 6) is 0.920. The van der Waals surface area contributed by atoms with Gasteiger partial charge in [0.2, 0.25) is 5.91 Å². The summed E-state index contributed by atoms with van der Waals surface area (Å²) >= 11 is 0. The molecule has 1 saturated heterocycles. The molecule has 0 aromatic carbocycles. The van der Waals surface area contributed by atoms with Gasteiger partial charge in [-0.2, -0.15) is 0 Å². The van der Waals surface area contributed by atoms with E-state index in [0.29, 0.717) is 12.5 Å². The van der Waals surface area contributed by atoms with Gasteiger partial charge in [0.25, 0.3) is 0 Å². The summed E-state index contributed by atoms with van der Waals surface area (Å²) in [6.07, 6.45) is 2.97. The Kier molecular flexibility index (Phi) is 5.92. The average molecular weight is 241 g/mol. The predicted molar refractivity (Wildman–Crippen MR) is 70.7 cm³/mol. The van der Waals surface area contributed by atoms with E-state index in [4.69, 9.17) is 5.73 Å². The van der Waals surface area contributed by atoms with Crippen LogP contribution in [0, 0.1) is 5.92 Å². The van der Waals surface area contributed by atoms with Crippen molar-refractivity contribution < 1.29 is 4.79 Å². The summed E-state index contributed by atoms with van der Waals surface area (Å²) in [5, 5.41) is 2.96. The summed E-state index contributed by atoms with van der Waals surface area (Å²) in [6, 6.07) is 0.376. The molecule has 2 atom stereocenters. The van der Waals surface area contributed by atoms with Crippen LogP contribution in [0.5, 0.6) is 0 Å². The van der Waals surface area contributed by atoms with Crippen LogP contribution in [0.25, 0.3) is 0 Å². The number of carbonyl (C=O) groups excluding carboxylic acids is 1. The van der Waals surface area contributed by atoms with Gasteiger partial charge in [0.15, 0.2) is 0 Å². The zero-order chi connectivity index (χ0) is 12.8. The number of rotatable bonds is 5. The molecule has 0 bridgehead atoms. The number of nitrogens with one attached hydrogen (secondary N) is 1. The van der Waals surface area contributed by atoms with Gasteiger partial charge in [-0.3, -0.25) is 9.69 Å². The normalized spacial score (nSPS) is 22.1. The standard InChI is InChI=1S/C13H27N3O/c1-10-4-6-16(7-5-10)12(3)9-15-13(17)8-11(2)14/h10-12H,4-9,14H2,1-3H3,(H,15,17). The molecule has 1 rings (SSSR count). The van der Waals surface area contributed by atoms with Crippen LogP contribution in [0.1, 0.15) is 40.0 Å². The van der Waals surface area contributed by atoms with Gasteiger partial charge in [0, 0.05) is 25.0 Å². The largest absolute Gasteiger partial charge is 0.354 e. The summed E-state index contributed by atoms with van der Waals surface area (Å²) < 4.78 is 0. The Balaban J connectivity index is 2.20. The molecular formula is C13H27N3O. The van der Waals surface area contributed by atoms with Crippen molar-refractivity contribution in [3.8, 4) is 0 Å². The maximum absolute atomic E-state index is 11.5. The molecule has 1 fully saturated rings. The van der Waals surface area contributed by atoms with Crippen LogP contribution < -0.4 is 11.1 Å². The molecule has 4 nitrogen and oxygen atoms in total. The second-order valence-electron chi connectivity index (χ2n) is 5.55. The molecule has 100 valence electrons. The Morgan fingerprint density at radius 1 is 1.41 bits per heavy atom. The van der Waals surface area contributed by atoms with Crippen molar-refractivity contribution in [2.45, 2.75) is 52.1 Å². The van der Waals surface area contributed by atoms with Crippen LogP contribution >= 0.6 is 0 Å². The number of nitrogens with zero attached hydrogens (tertiary/aromatic N) is 1. The monoisotopic (exact) mass is 241 g/mol. The fraction of sp³-hybridized carbons (Fsp3) is 0.923. The first-order valence-electron chi connectivity index (χ1n) is 6.75. The smallest absolute Gasteiger partial charge is 0.221 e. The third kappa shape index (κ3) is 5.50. The molecule has 0 radical (unpaired) electrons. The van der Waals surface area contributed by atoms with Gasteiger partial charge in [0.05, 0.1) is 0 Å². The third-order valence-electron chi connectivity index (χ3n) is 3.54. The van der Waals surface area contributed by atoms with E-state index in [1.54, 1.807) is 0 Å². The van der Waals surface area contributed by atoms with Gasteiger partial charge in [-0.15, -0.1) is 0 Å². The summed E-state index contributed by atoms with van der Waals surface area (Å²) in [4.78, 5) is 13.9. The lowest BCUT2D eigenvalue weighted by atomic mass is 9.98. The van der Waals surface area contributed by atoms with Gasteiger partial charge < -0.3 is 11.1 Å². The van der Waals surface area contributed by atoms with E-state index >= 15 is 0 Å². The topological polar surface area (TPSA) is 58.4 Å². The van der Waals surface area contributed by atoms with Gasteiger partial charge in [-0.1, -0.05) is 6.92 Å². The van der Waals surface area contributed by atoms with Crippen LogP contribution in [0.4, 0.5) is 0 Å². The number of carbonyl (C=O) groups is 1. The minimum atomic E-state index is -0.0545. The first-order valence-corrected chi connectivity index (χ1v) is 6.75.